The van der Waals surface area contributed by atoms with Crippen molar-refractivity contribution in [2.24, 2.45) is 0 Å². The monoisotopic (exact) mass is 298 g/mol. The van der Waals surface area contributed by atoms with Gasteiger partial charge in [0.2, 0.25) is 0 Å². The minimum atomic E-state index is 0.805. The molecule has 0 saturated heterocycles. The van der Waals surface area contributed by atoms with E-state index in [0.29, 0.717) is 0 Å². The number of methoxy groups -OCH3 is 1. The molecule has 0 heterocycles. The van der Waals surface area contributed by atoms with E-state index < -0.39 is 0 Å². The molecule has 112 valence electrons. The lowest BCUT2D eigenvalue weighted by Gasteiger charge is -2.02. The third-order valence-electron chi connectivity index (χ3n) is 3.64. The highest BCUT2D eigenvalue weighted by Gasteiger charge is 2.01. The van der Waals surface area contributed by atoms with Gasteiger partial charge in [-0.1, -0.05) is 72.5 Å². The minimum absolute atomic E-state index is 0.805. The molecule has 0 bridgehead atoms. The lowest BCUT2D eigenvalue weighted by molar-refractivity contribution is 0.413. The number of hydrogen-bond donors (Lipinski definition) is 0. The standard InChI is InChI=1S/C22H18O/c1-23-22-14-8-7-12-20(22)16-15-18-9-5-6-13-21(17-18)19-10-3-2-4-11-19/h2-4,6-14,17H,5H2,1H3. The Hall–Kier alpha value is -2.98. The van der Waals surface area contributed by atoms with E-state index in [2.05, 4.69) is 60.4 Å². The molecule has 0 unspecified atom stereocenters. The highest BCUT2D eigenvalue weighted by Crippen LogP contribution is 2.21. The zero-order valence-electron chi connectivity index (χ0n) is 13.1. The second-order valence-corrected chi connectivity index (χ2v) is 5.21. The minimum Gasteiger partial charge on any atom is -0.495 e. The molecule has 0 saturated carbocycles. The van der Waals surface area contributed by atoms with Crippen LogP contribution in [-0.2, 0) is 0 Å². The fourth-order valence-electron chi connectivity index (χ4n) is 2.45. The number of rotatable bonds is 2. The van der Waals surface area contributed by atoms with Gasteiger partial charge in [-0.05, 0) is 35.8 Å². The van der Waals surface area contributed by atoms with Crippen LogP contribution in [0, 0.1) is 11.8 Å². The van der Waals surface area contributed by atoms with E-state index in [4.69, 9.17) is 4.74 Å². The summed E-state index contributed by atoms with van der Waals surface area (Å²) in [6.07, 6.45) is 9.50. The van der Waals surface area contributed by atoms with Crippen LogP contribution in [0.25, 0.3) is 5.57 Å². The van der Waals surface area contributed by atoms with Gasteiger partial charge in [0.25, 0.3) is 0 Å². The molecule has 2 aromatic carbocycles. The third-order valence-corrected chi connectivity index (χ3v) is 3.64. The summed E-state index contributed by atoms with van der Waals surface area (Å²) in [5.74, 6) is 7.29. The molecule has 0 aromatic heterocycles. The molecular weight excluding hydrogens is 280 g/mol. The van der Waals surface area contributed by atoms with Crippen LogP contribution in [-0.4, -0.2) is 7.11 Å². The van der Waals surface area contributed by atoms with E-state index in [1.807, 2.05) is 30.3 Å². The first-order valence-electron chi connectivity index (χ1n) is 7.65. The van der Waals surface area contributed by atoms with Crippen LogP contribution in [0.3, 0.4) is 0 Å². The number of ether oxygens (including phenoxy) is 1. The van der Waals surface area contributed by atoms with E-state index in [0.717, 1.165) is 23.3 Å². The average Bonchev–Trinajstić information content (AvgIpc) is 2.86. The Morgan fingerprint density at radius 2 is 1.70 bits per heavy atom. The van der Waals surface area contributed by atoms with Crippen LogP contribution < -0.4 is 4.74 Å². The Kier molecular flexibility index (Phi) is 4.76. The van der Waals surface area contributed by atoms with Crippen LogP contribution >= 0.6 is 0 Å². The quantitative estimate of drug-likeness (QED) is 0.708. The highest BCUT2D eigenvalue weighted by molar-refractivity contribution is 5.78. The fourth-order valence-corrected chi connectivity index (χ4v) is 2.45. The molecule has 0 amide bonds. The topological polar surface area (TPSA) is 9.23 Å². The Balaban J connectivity index is 1.92. The summed E-state index contributed by atoms with van der Waals surface area (Å²) in [4.78, 5) is 0. The SMILES string of the molecule is COc1ccccc1C#CC1=CCC=CC(c2ccccc2)=C1. The lowest BCUT2D eigenvalue weighted by atomic mass is 10.0. The first-order chi connectivity index (χ1) is 11.4. The van der Waals surface area contributed by atoms with Crippen molar-refractivity contribution in [3.05, 3.63) is 95.6 Å². The van der Waals surface area contributed by atoms with Gasteiger partial charge in [-0.15, -0.1) is 0 Å². The summed E-state index contributed by atoms with van der Waals surface area (Å²) < 4.78 is 5.35. The maximum absolute atomic E-state index is 5.35. The van der Waals surface area contributed by atoms with Gasteiger partial charge < -0.3 is 4.74 Å². The van der Waals surface area contributed by atoms with E-state index >= 15 is 0 Å². The molecule has 3 rings (SSSR count). The zero-order chi connectivity index (χ0) is 15.9. The van der Waals surface area contributed by atoms with Gasteiger partial charge in [-0.25, -0.2) is 0 Å². The Bertz CT molecular complexity index is 827. The maximum atomic E-state index is 5.35. The normalized spacial score (nSPS) is 13.3. The van der Waals surface area contributed by atoms with Crippen molar-refractivity contribution in [3.8, 4) is 17.6 Å². The van der Waals surface area contributed by atoms with Crippen molar-refractivity contribution in [3.63, 3.8) is 0 Å². The molecule has 0 radical (unpaired) electrons. The molecule has 1 aliphatic rings. The summed E-state index contributed by atoms with van der Waals surface area (Å²) in [5.41, 5.74) is 4.32. The molecule has 2 aromatic rings. The van der Waals surface area contributed by atoms with Gasteiger partial charge >= 0.3 is 0 Å². The van der Waals surface area contributed by atoms with Gasteiger partial charge in [0, 0.05) is 5.57 Å². The predicted octanol–water partition coefficient (Wildman–Crippen LogP) is 5.02. The average molecular weight is 298 g/mol. The van der Waals surface area contributed by atoms with Gasteiger partial charge in [0.1, 0.15) is 5.75 Å². The van der Waals surface area contributed by atoms with Crippen LogP contribution in [0.1, 0.15) is 17.5 Å². The van der Waals surface area contributed by atoms with E-state index in [1.165, 1.54) is 11.1 Å². The number of allylic oxidation sites excluding steroid dienone is 6. The van der Waals surface area contributed by atoms with Crippen LogP contribution in [0.2, 0.25) is 0 Å². The molecule has 1 heteroatoms. The molecule has 0 spiro atoms. The van der Waals surface area contributed by atoms with Crippen LogP contribution in [0.5, 0.6) is 5.75 Å². The predicted molar refractivity (Wildman–Crippen MR) is 96.1 cm³/mol. The molecule has 0 N–H and O–H groups in total. The van der Waals surface area contributed by atoms with E-state index in [1.54, 1.807) is 7.11 Å². The molecule has 0 fully saturated rings. The lowest BCUT2D eigenvalue weighted by Crippen LogP contribution is -1.86. The van der Waals surface area contributed by atoms with Gasteiger partial charge in [0.05, 0.1) is 12.7 Å². The first kappa shape index (κ1) is 14.9. The first-order valence-corrected chi connectivity index (χ1v) is 7.65. The largest absolute Gasteiger partial charge is 0.495 e. The maximum Gasteiger partial charge on any atom is 0.134 e. The van der Waals surface area contributed by atoms with Crippen molar-refractivity contribution >= 4 is 5.57 Å². The second kappa shape index (κ2) is 7.33. The summed E-state index contributed by atoms with van der Waals surface area (Å²) in [5, 5.41) is 0. The van der Waals surface area contributed by atoms with Crippen molar-refractivity contribution in [1.82, 2.24) is 0 Å². The van der Waals surface area contributed by atoms with Crippen molar-refractivity contribution in [1.29, 1.82) is 0 Å². The molecular formula is C22H18O. The van der Waals surface area contributed by atoms with Crippen LogP contribution in [0.15, 0.2) is 84.5 Å². The van der Waals surface area contributed by atoms with Gasteiger partial charge in [-0.3, -0.25) is 0 Å². The Labute approximate surface area is 137 Å². The van der Waals surface area contributed by atoms with Gasteiger partial charge in [0.15, 0.2) is 0 Å². The molecule has 0 aliphatic heterocycles. The summed E-state index contributed by atoms with van der Waals surface area (Å²) in [7, 11) is 1.67. The molecule has 23 heavy (non-hydrogen) atoms. The van der Waals surface area contributed by atoms with Crippen molar-refractivity contribution in [2.75, 3.05) is 7.11 Å². The fraction of sp³-hybridized carbons (Fsp3) is 0.0909. The molecule has 1 aliphatic carbocycles. The molecule has 0 atom stereocenters. The third kappa shape index (κ3) is 3.81. The number of benzene rings is 2. The summed E-state index contributed by atoms with van der Waals surface area (Å²) in [6, 6.07) is 18.2. The zero-order valence-corrected chi connectivity index (χ0v) is 13.1. The van der Waals surface area contributed by atoms with Crippen LogP contribution in [0.4, 0.5) is 0 Å². The van der Waals surface area contributed by atoms with Crippen molar-refractivity contribution in [2.45, 2.75) is 6.42 Å². The summed E-state index contributed by atoms with van der Waals surface area (Å²) >= 11 is 0. The highest BCUT2D eigenvalue weighted by atomic mass is 16.5. The van der Waals surface area contributed by atoms with Crippen molar-refractivity contribution < 1.29 is 4.74 Å². The van der Waals surface area contributed by atoms with E-state index in [-0.39, 0.29) is 0 Å². The second-order valence-electron chi connectivity index (χ2n) is 5.21. The number of para-hydroxylation sites is 1. The smallest absolute Gasteiger partial charge is 0.134 e. The Morgan fingerprint density at radius 3 is 2.52 bits per heavy atom. The molecule has 1 nitrogen and oxygen atoms in total. The summed E-state index contributed by atoms with van der Waals surface area (Å²) in [6.45, 7) is 0. The van der Waals surface area contributed by atoms with Gasteiger partial charge in [-0.2, -0.15) is 0 Å². The number of hydrogen-bond acceptors (Lipinski definition) is 1. The van der Waals surface area contributed by atoms with E-state index in [9.17, 15) is 0 Å². The Morgan fingerprint density at radius 1 is 0.913 bits per heavy atom.